The van der Waals surface area contributed by atoms with E-state index < -0.39 is 0 Å². The van der Waals surface area contributed by atoms with Crippen LogP contribution in [-0.2, 0) is 17.6 Å². The first-order valence-corrected chi connectivity index (χ1v) is 10.4. The highest BCUT2D eigenvalue weighted by Gasteiger charge is 2.20. The summed E-state index contributed by atoms with van der Waals surface area (Å²) in [6.45, 7) is 3.49. The fourth-order valence-electron chi connectivity index (χ4n) is 3.68. The van der Waals surface area contributed by atoms with Crippen LogP contribution in [0.15, 0.2) is 48.9 Å². The van der Waals surface area contributed by atoms with Gasteiger partial charge in [0.15, 0.2) is 11.6 Å². The van der Waals surface area contributed by atoms with E-state index in [1.54, 1.807) is 18.6 Å². The Morgan fingerprint density at radius 2 is 1.87 bits per heavy atom. The summed E-state index contributed by atoms with van der Waals surface area (Å²) in [4.78, 5) is 28.3. The molecular formula is C23H26N6O2. The van der Waals surface area contributed by atoms with Gasteiger partial charge in [-0.15, -0.1) is 0 Å². The molecule has 4 rings (SSSR count). The van der Waals surface area contributed by atoms with Crippen molar-refractivity contribution < 1.29 is 9.53 Å². The van der Waals surface area contributed by atoms with Gasteiger partial charge in [0.25, 0.3) is 0 Å². The number of benzene rings is 1. The van der Waals surface area contributed by atoms with Gasteiger partial charge in [-0.25, -0.2) is 9.97 Å². The molecule has 0 radical (unpaired) electrons. The van der Waals surface area contributed by atoms with Crippen LogP contribution in [0, 0.1) is 0 Å². The quantitative estimate of drug-likeness (QED) is 0.558. The summed E-state index contributed by atoms with van der Waals surface area (Å²) in [7, 11) is 0. The first kappa shape index (κ1) is 20.9. The topological polar surface area (TPSA) is 120 Å². The molecule has 0 amide bonds. The molecule has 2 aromatic heterocycles. The molecule has 1 aliphatic heterocycles. The van der Waals surface area contributed by atoms with E-state index in [0.717, 1.165) is 41.9 Å². The van der Waals surface area contributed by atoms with E-state index in [-0.39, 0.29) is 23.7 Å². The van der Waals surface area contributed by atoms with Crippen molar-refractivity contribution in [2.75, 3.05) is 43.5 Å². The van der Waals surface area contributed by atoms with Gasteiger partial charge in [-0.2, -0.15) is 0 Å². The van der Waals surface area contributed by atoms with Gasteiger partial charge in [-0.3, -0.25) is 9.78 Å². The van der Waals surface area contributed by atoms with E-state index in [9.17, 15) is 4.79 Å². The van der Waals surface area contributed by atoms with Crippen LogP contribution in [-0.4, -0.2) is 53.6 Å². The maximum Gasteiger partial charge on any atom is 0.189 e. The highest BCUT2D eigenvalue weighted by molar-refractivity contribution is 6.00. The number of ketones is 1. The Kier molecular flexibility index (Phi) is 6.49. The minimum absolute atomic E-state index is 0.130. The maximum absolute atomic E-state index is 13.1. The third-order valence-electron chi connectivity index (χ3n) is 5.33. The van der Waals surface area contributed by atoms with Crippen molar-refractivity contribution in [1.82, 2.24) is 15.0 Å². The maximum atomic E-state index is 13.1. The predicted molar refractivity (Wildman–Crippen MR) is 120 cm³/mol. The summed E-state index contributed by atoms with van der Waals surface area (Å²) in [5.74, 6) is -0.0561. The van der Waals surface area contributed by atoms with Crippen molar-refractivity contribution in [3.8, 4) is 11.3 Å². The number of ether oxygens (including phenoxy) is 1. The second-order valence-corrected chi connectivity index (χ2v) is 7.43. The van der Waals surface area contributed by atoms with Crippen LogP contribution in [0.5, 0.6) is 0 Å². The van der Waals surface area contributed by atoms with Crippen LogP contribution < -0.4 is 16.4 Å². The monoisotopic (exact) mass is 418 g/mol. The normalized spacial score (nSPS) is 13.9. The van der Waals surface area contributed by atoms with Gasteiger partial charge >= 0.3 is 0 Å². The predicted octanol–water partition coefficient (Wildman–Crippen LogP) is 1.88. The van der Waals surface area contributed by atoms with Crippen molar-refractivity contribution in [2.24, 2.45) is 5.73 Å². The lowest BCUT2D eigenvalue weighted by Gasteiger charge is -2.30. The highest BCUT2D eigenvalue weighted by Crippen LogP contribution is 2.24. The average molecular weight is 419 g/mol. The Hall–Kier alpha value is -3.36. The Morgan fingerprint density at radius 3 is 2.61 bits per heavy atom. The number of nitrogen functional groups attached to an aromatic ring is 1. The number of hydrogen-bond donors (Lipinski definition) is 2. The largest absolute Gasteiger partial charge is 0.382 e. The fourth-order valence-corrected chi connectivity index (χ4v) is 3.68. The number of aromatic nitrogens is 3. The van der Waals surface area contributed by atoms with E-state index in [0.29, 0.717) is 25.5 Å². The van der Waals surface area contributed by atoms with Crippen LogP contribution in [0.1, 0.15) is 21.6 Å². The van der Waals surface area contributed by atoms with Crippen molar-refractivity contribution in [3.63, 3.8) is 0 Å². The molecule has 1 fully saturated rings. The average Bonchev–Trinajstić information content (AvgIpc) is 2.81. The molecular weight excluding hydrogens is 392 g/mol. The summed E-state index contributed by atoms with van der Waals surface area (Å²) in [6.07, 6.45) is 6.02. The van der Waals surface area contributed by atoms with E-state index in [1.807, 2.05) is 30.3 Å². The van der Waals surface area contributed by atoms with Crippen molar-refractivity contribution >= 4 is 17.3 Å². The van der Waals surface area contributed by atoms with Gasteiger partial charge in [0.2, 0.25) is 0 Å². The van der Waals surface area contributed by atoms with Gasteiger partial charge in [0.05, 0.1) is 25.1 Å². The minimum atomic E-state index is -0.186. The molecule has 0 atom stereocenters. The number of nitrogens with zero attached hydrogens (tertiary/aromatic N) is 4. The SMILES string of the molecule is NCCc1ccc(-c2cnc(N)c(C(=O)Cc3cnccc3N3CCOCC3)n2)cc1. The molecule has 8 nitrogen and oxygen atoms in total. The summed E-state index contributed by atoms with van der Waals surface area (Å²) in [5.41, 5.74) is 16.3. The number of anilines is 2. The molecule has 160 valence electrons. The summed E-state index contributed by atoms with van der Waals surface area (Å²) in [6, 6.07) is 9.86. The third-order valence-corrected chi connectivity index (χ3v) is 5.33. The van der Waals surface area contributed by atoms with Crippen LogP contribution in [0.3, 0.4) is 0 Å². The zero-order chi connectivity index (χ0) is 21.6. The van der Waals surface area contributed by atoms with Crippen LogP contribution in [0.4, 0.5) is 11.5 Å². The number of hydrogen-bond acceptors (Lipinski definition) is 8. The number of rotatable bonds is 7. The molecule has 0 bridgehead atoms. The number of Topliss-reactive ketones (excluding diaryl/α,β-unsaturated/α-hetero) is 1. The minimum Gasteiger partial charge on any atom is -0.382 e. The first-order chi connectivity index (χ1) is 15.2. The first-order valence-electron chi connectivity index (χ1n) is 10.4. The van der Waals surface area contributed by atoms with Crippen LogP contribution >= 0.6 is 0 Å². The number of nitrogens with two attached hydrogens (primary N) is 2. The van der Waals surface area contributed by atoms with E-state index in [1.165, 1.54) is 0 Å². The smallest absolute Gasteiger partial charge is 0.189 e. The van der Waals surface area contributed by atoms with Gasteiger partial charge in [0, 0.05) is 48.7 Å². The van der Waals surface area contributed by atoms with Gasteiger partial charge < -0.3 is 21.1 Å². The highest BCUT2D eigenvalue weighted by atomic mass is 16.5. The van der Waals surface area contributed by atoms with E-state index >= 15 is 0 Å². The molecule has 8 heteroatoms. The lowest BCUT2D eigenvalue weighted by atomic mass is 10.0. The lowest BCUT2D eigenvalue weighted by Crippen LogP contribution is -2.37. The second-order valence-electron chi connectivity index (χ2n) is 7.43. The molecule has 0 aliphatic carbocycles. The number of carbonyl (C=O) groups is 1. The van der Waals surface area contributed by atoms with E-state index in [4.69, 9.17) is 16.2 Å². The molecule has 3 aromatic rings. The van der Waals surface area contributed by atoms with Crippen LogP contribution in [0.2, 0.25) is 0 Å². The molecule has 1 saturated heterocycles. The van der Waals surface area contributed by atoms with Crippen molar-refractivity contribution in [1.29, 1.82) is 0 Å². The summed E-state index contributed by atoms with van der Waals surface area (Å²) in [5, 5.41) is 0. The lowest BCUT2D eigenvalue weighted by molar-refractivity contribution is 0.0988. The van der Waals surface area contributed by atoms with Crippen LogP contribution in [0.25, 0.3) is 11.3 Å². The summed E-state index contributed by atoms with van der Waals surface area (Å²) < 4.78 is 5.44. The van der Waals surface area contributed by atoms with Gasteiger partial charge in [-0.1, -0.05) is 24.3 Å². The molecule has 4 N–H and O–H groups in total. The van der Waals surface area contributed by atoms with Gasteiger partial charge in [0.1, 0.15) is 5.69 Å². The third kappa shape index (κ3) is 4.87. The molecule has 1 aliphatic rings. The summed E-state index contributed by atoms with van der Waals surface area (Å²) >= 11 is 0. The van der Waals surface area contributed by atoms with Gasteiger partial charge in [-0.05, 0) is 24.6 Å². The Labute approximate surface area is 181 Å². The number of morpholine rings is 1. The fraction of sp³-hybridized carbons (Fsp3) is 0.304. The standard InChI is InChI=1S/C23H26N6O2/c24-7-5-16-1-3-17(4-2-16)19-15-27-23(25)22(28-19)21(30)13-18-14-26-8-6-20(18)29-9-11-31-12-10-29/h1-4,6,8,14-15H,5,7,9-13,24H2,(H2,25,27). The zero-order valence-corrected chi connectivity index (χ0v) is 17.3. The Morgan fingerprint density at radius 1 is 1.10 bits per heavy atom. The molecule has 0 spiro atoms. The zero-order valence-electron chi connectivity index (χ0n) is 17.3. The van der Waals surface area contributed by atoms with E-state index in [2.05, 4.69) is 19.9 Å². The number of carbonyl (C=O) groups excluding carboxylic acids is 1. The van der Waals surface area contributed by atoms with Crippen molar-refractivity contribution in [3.05, 3.63) is 65.7 Å². The van der Waals surface area contributed by atoms with Crippen molar-refractivity contribution in [2.45, 2.75) is 12.8 Å². The Balaban J connectivity index is 1.57. The molecule has 31 heavy (non-hydrogen) atoms. The number of pyridine rings is 1. The second kappa shape index (κ2) is 9.63. The molecule has 0 saturated carbocycles. The molecule has 3 heterocycles. The molecule has 1 aromatic carbocycles. The molecule has 0 unspecified atom stereocenters. The Bertz CT molecular complexity index is 1050.